The Kier molecular flexibility index (Phi) is 7.25. The Hall–Kier alpha value is -1.88. The zero-order chi connectivity index (χ0) is 17.4. The molecule has 1 aliphatic carbocycles. The van der Waals surface area contributed by atoms with Crippen LogP contribution >= 0.6 is 0 Å². The molecule has 0 aromatic heterocycles. The topological polar surface area (TPSA) is 84.2 Å². The highest BCUT2D eigenvalue weighted by Gasteiger charge is 2.24. The van der Waals surface area contributed by atoms with Crippen molar-refractivity contribution in [2.24, 2.45) is 11.7 Å². The molecule has 1 saturated carbocycles. The zero-order valence-electron chi connectivity index (χ0n) is 14.5. The SMILES string of the molecule is CCCNC(=O)c1cccc(C(=O)NC(CN)C2CCCCC2)c1. The number of hydrogen-bond donors (Lipinski definition) is 3. The van der Waals surface area contributed by atoms with E-state index in [1.807, 2.05) is 6.92 Å². The van der Waals surface area contributed by atoms with E-state index in [1.165, 1.54) is 19.3 Å². The van der Waals surface area contributed by atoms with Gasteiger partial charge in [0.2, 0.25) is 0 Å². The van der Waals surface area contributed by atoms with Crippen molar-refractivity contribution in [3.63, 3.8) is 0 Å². The van der Waals surface area contributed by atoms with Crippen LogP contribution in [0.4, 0.5) is 0 Å². The van der Waals surface area contributed by atoms with E-state index in [1.54, 1.807) is 24.3 Å². The zero-order valence-corrected chi connectivity index (χ0v) is 14.5. The Labute approximate surface area is 144 Å². The summed E-state index contributed by atoms with van der Waals surface area (Å²) in [7, 11) is 0. The molecule has 132 valence electrons. The van der Waals surface area contributed by atoms with Gasteiger partial charge in [-0.05, 0) is 43.4 Å². The molecule has 1 aromatic rings. The van der Waals surface area contributed by atoms with Crippen molar-refractivity contribution in [2.75, 3.05) is 13.1 Å². The second-order valence-corrected chi connectivity index (χ2v) is 6.55. The van der Waals surface area contributed by atoms with Gasteiger partial charge in [0, 0.05) is 30.3 Å². The smallest absolute Gasteiger partial charge is 0.251 e. The van der Waals surface area contributed by atoms with Crippen molar-refractivity contribution < 1.29 is 9.59 Å². The summed E-state index contributed by atoms with van der Waals surface area (Å²) in [4.78, 5) is 24.6. The van der Waals surface area contributed by atoms with Crippen LogP contribution in [0.25, 0.3) is 0 Å². The van der Waals surface area contributed by atoms with Crippen LogP contribution < -0.4 is 16.4 Å². The van der Waals surface area contributed by atoms with Crippen LogP contribution in [0, 0.1) is 5.92 Å². The fourth-order valence-electron chi connectivity index (χ4n) is 3.30. The first-order chi connectivity index (χ1) is 11.7. The van der Waals surface area contributed by atoms with Gasteiger partial charge in [0.1, 0.15) is 0 Å². The minimum Gasteiger partial charge on any atom is -0.352 e. The highest BCUT2D eigenvalue weighted by Crippen LogP contribution is 2.26. The van der Waals surface area contributed by atoms with E-state index >= 15 is 0 Å². The van der Waals surface area contributed by atoms with E-state index in [0.717, 1.165) is 19.3 Å². The summed E-state index contributed by atoms with van der Waals surface area (Å²) in [6.07, 6.45) is 6.83. The van der Waals surface area contributed by atoms with Crippen LogP contribution in [-0.4, -0.2) is 30.9 Å². The fourth-order valence-corrected chi connectivity index (χ4v) is 3.30. The molecule has 1 aromatic carbocycles. The number of rotatable bonds is 7. The van der Waals surface area contributed by atoms with Crippen LogP contribution in [0.2, 0.25) is 0 Å². The van der Waals surface area contributed by atoms with Crippen LogP contribution in [-0.2, 0) is 0 Å². The maximum Gasteiger partial charge on any atom is 0.251 e. The number of amides is 2. The number of nitrogens with one attached hydrogen (secondary N) is 2. The predicted molar refractivity (Wildman–Crippen MR) is 95.9 cm³/mol. The summed E-state index contributed by atoms with van der Waals surface area (Å²) in [5.74, 6) is 0.166. The minimum absolute atomic E-state index is 0.00961. The molecule has 0 spiro atoms. The van der Waals surface area contributed by atoms with E-state index in [4.69, 9.17) is 5.73 Å². The second kappa shape index (κ2) is 9.42. The number of carbonyl (C=O) groups excluding carboxylic acids is 2. The van der Waals surface area contributed by atoms with Crippen LogP contribution in [0.5, 0.6) is 0 Å². The van der Waals surface area contributed by atoms with Gasteiger partial charge in [-0.15, -0.1) is 0 Å². The minimum atomic E-state index is -0.152. The molecule has 0 saturated heterocycles. The van der Waals surface area contributed by atoms with E-state index in [2.05, 4.69) is 10.6 Å². The lowest BCUT2D eigenvalue weighted by atomic mass is 9.84. The molecule has 1 fully saturated rings. The van der Waals surface area contributed by atoms with Crippen LogP contribution in [0.15, 0.2) is 24.3 Å². The maximum atomic E-state index is 12.5. The highest BCUT2D eigenvalue weighted by molar-refractivity contribution is 5.99. The van der Waals surface area contributed by atoms with Crippen LogP contribution in [0.3, 0.4) is 0 Å². The van der Waals surface area contributed by atoms with Crippen molar-refractivity contribution in [3.05, 3.63) is 35.4 Å². The normalized spacial score (nSPS) is 16.4. The molecule has 1 unspecified atom stereocenters. The first kappa shape index (κ1) is 18.5. The molecule has 0 bridgehead atoms. The van der Waals surface area contributed by atoms with Crippen molar-refractivity contribution in [1.29, 1.82) is 0 Å². The number of hydrogen-bond acceptors (Lipinski definition) is 3. The third-order valence-corrected chi connectivity index (χ3v) is 4.71. The molecular weight excluding hydrogens is 302 g/mol. The Balaban J connectivity index is 2.01. The van der Waals surface area contributed by atoms with E-state index in [0.29, 0.717) is 30.1 Å². The molecule has 1 aliphatic rings. The highest BCUT2D eigenvalue weighted by atomic mass is 16.2. The monoisotopic (exact) mass is 331 g/mol. The average Bonchev–Trinajstić information content (AvgIpc) is 2.64. The molecule has 0 aliphatic heterocycles. The van der Waals surface area contributed by atoms with Gasteiger partial charge in [-0.2, -0.15) is 0 Å². The lowest BCUT2D eigenvalue weighted by Crippen LogP contribution is -2.46. The lowest BCUT2D eigenvalue weighted by molar-refractivity contribution is 0.0915. The van der Waals surface area contributed by atoms with Gasteiger partial charge in [0.15, 0.2) is 0 Å². The Bertz CT molecular complexity index is 553. The molecule has 0 heterocycles. The van der Waals surface area contributed by atoms with Crippen molar-refractivity contribution in [3.8, 4) is 0 Å². The summed E-state index contributed by atoms with van der Waals surface area (Å²) in [5.41, 5.74) is 6.90. The number of benzene rings is 1. The Morgan fingerprint density at radius 3 is 2.46 bits per heavy atom. The summed E-state index contributed by atoms with van der Waals surface area (Å²) in [6, 6.07) is 6.86. The summed E-state index contributed by atoms with van der Waals surface area (Å²) >= 11 is 0. The van der Waals surface area contributed by atoms with Crippen LogP contribution in [0.1, 0.15) is 66.2 Å². The summed E-state index contributed by atoms with van der Waals surface area (Å²) in [6.45, 7) is 3.08. The van der Waals surface area contributed by atoms with E-state index in [9.17, 15) is 9.59 Å². The molecule has 5 heteroatoms. The Morgan fingerprint density at radius 1 is 1.17 bits per heavy atom. The van der Waals surface area contributed by atoms with Gasteiger partial charge in [0.25, 0.3) is 11.8 Å². The largest absolute Gasteiger partial charge is 0.352 e. The quantitative estimate of drug-likeness (QED) is 0.717. The van der Waals surface area contributed by atoms with Crippen molar-refractivity contribution in [1.82, 2.24) is 10.6 Å². The van der Waals surface area contributed by atoms with Gasteiger partial charge in [-0.1, -0.05) is 32.3 Å². The van der Waals surface area contributed by atoms with Crippen molar-refractivity contribution in [2.45, 2.75) is 51.5 Å². The molecule has 24 heavy (non-hydrogen) atoms. The second-order valence-electron chi connectivity index (χ2n) is 6.55. The van der Waals surface area contributed by atoms with Gasteiger partial charge >= 0.3 is 0 Å². The summed E-state index contributed by atoms with van der Waals surface area (Å²) < 4.78 is 0. The first-order valence-electron chi connectivity index (χ1n) is 9.05. The molecular formula is C19H29N3O2. The average molecular weight is 331 g/mol. The van der Waals surface area contributed by atoms with Crippen molar-refractivity contribution >= 4 is 11.8 Å². The number of carbonyl (C=O) groups is 2. The number of nitrogens with two attached hydrogens (primary N) is 1. The first-order valence-corrected chi connectivity index (χ1v) is 9.05. The fraction of sp³-hybridized carbons (Fsp3) is 0.579. The Morgan fingerprint density at radius 2 is 1.83 bits per heavy atom. The molecule has 2 rings (SSSR count). The standard InChI is InChI=1S/C19H29N3O2/c1-2-11-21-18(23)15-9-6-10-16(12-15)19(24)22-17(13-20)14-7-4-3-5-8-14/h6,9-10,12,14,17H,2-5,7-8,11,13,20H2,1H3,(H,21,23)(H,22,24). The molecule has 4 N–H and O–H groups in total. The molecule has 5 nitrogen and oxygen atoms in total. The predicted octanol–water partition coefficient (Wildman–Crippen LogP) is 2.46. The van der Waals surface area contributed by atoms with E-state index < -0.39 is 0 Å². The van der Waals surface area contributed by atoms with Gasteiger partial charge in [-0.25, -0.2) is 0 Å². The third kappa shape index (κ3) is 5.06. The maximum absolute atomic E-state index is 12.5. The van der Waals surface area contributed by atoms with Gasteiger partial charge in [-0.3, -0.25) is 9.59 Å². The van der Waals surface area contributed by atoms with Gasteiger partial charge in [0.05, 0.1) is 0 Å². The summed E-state index contributed by atoms with van der Waals surface area (Å²) in [5, 5.41) is 5.89. The van der Waals surface area contributed by atoms with E-state index in [-0.39, 0.29) is 17.9 Å². The molecule has 0 radical (unpaired) electrons. The third-order valence-electron chi connectivity index (χ3n) is 4.71. The van der Waals surface area contributed by atoms with Gasteiger partial charge < -0.3 is 16.4 Å². The molecule has 1 atom stereocenters. The lowest BCUT2D eigenvalue weighted by Gasteiger charge is -2.30. The molecule has 2 amide bonds.